The lowest BCUT2D eigenvalue weighted by atomic mass is 10.1. The second-order valence-electron chi connectivity index (χ2n) is 6.99. The molecule has 0 aliphatic rings. The number of hydrogen-bond donors (Lipinski definition) is 3. The molecule has 0 spiro atoms. The minimum Gasteiger partial charge on any atom is -0.369 e. The van der Waals surface area contributed by atoms with Gasteiger partial charge in [0.1, 0.15) is 18.0 Å². The fourth-order valence-electron chi connectivity index (χ4n) is 2.98. The maximum absolute atomic E-state index is 12.9. The Kier molecular flexibility index (Phi) is 8.48. The molecule has 3 rings (SSSR count). The maximum Gasteiger partial charge on any atom is 0.223 e. The number of anilines is 3. The van der Waals surface area contributed by atoms with Gasteiger partial charge in [0.2, 0.25) is 5.95 Å². The molecule has 3 aromatic rings. The minimum atomic E-state index is -0.450. The summed E-state index contributed by atoms with van der Waals surface area (Å²) in [5.74, 6) is 1.54. The molecule has 0 fully saturated rings. The molecule has 0 unspecified atom stereocenters. The first-order valence-electron chi connectivity index (χ1n) is 10.5. The summed E-state index contributed by atoms with van der Waals surface area (Å²) in [5, 5.41) is 9.75. The van der Waals surface area contributed by atoms with Gasteiger partial charge in [0.15, 0.2) is 5.82 Å². The molecule has 9 heteroatoms. The Hall–Kier alpha value is -3.33. The number of aromatic nitrogens is 4. The fourth-order valence-corrected chi connectivity index (χ4v) is 2.98. The Labute approximate surface area is 182 Å². The zero-order valence-corrected chi connectivity index (χ0v) is 18.0. The highest BCUT2D eigenvalue weighted by Gasteiger charge is 2.02. The number of nitrogens with one attached hydrogen (secondary N) is 3. The summed E-state index contributed by atoms with van der Waals surface area (Å²) in [6.45, 7) is 9.47. The minimum absolute atomic E-state index is 0.400. The lowest BCUT2D eigenvalue weighted by molar-refractivity contribution is 0.316. The molecule has 0 saturated carbocycles. The van der Waals surface area contributed by atoms with Gasteiger partial charge in [0.25, 0.3) is 0 Å². The summed E-state index contributed by atoms with van der Waals surface area (Å²) in [6, 6.07) is 10.1. The predicted molar refractivity (Wildman–Crippen MR) is 121 cm³/mol. The van der Waals surface area contributed by atoms with Crippen molar-refractivity contribution in [3.63, 3.8) is 0 Å². The Morgan fingerprint density at radius 2 is 1.39 bits per heavy atom. The van der Waals surface area contributed by atoms with E-state index in [0.717, 1.165) is 61.3 Å². The zero-order valence-electron chi connectivity index (χ0n) is 18.0. The van der Waals surface area contributed by atoms with Crippen molar-refractivity contribution in [1.82, 2.24) is 24.8 Å². The first-order valence-corrected chi connectivity index (χ1v) is 10.5. The van der Waals surface area contributed by atoms with E-state index in [2.05, 4.69) is 66.8 Å². The second-order valence-corrected chi connectivity index (χ2v) is 6.99. The van der Waals surface area contributed by atoms with Crippen LogP contribution in [0.1, 0.15) is 25.0 Å². The molecule has 0 radical (unpaired) electrons. The van der Waals surface area contributed by atoms with Crippen molar-refractivity contribution < 1.29 is 4.39 Å². The number of rotatable bonds is 12. The number of nitrogens with zero attached hydrogens (tertiary/aromatic N) is 5. The van der Waals surface area contributed by atoms with E-state index in [9.17, 15) is 4.39 Å². The van der Waals surface area contributed by atoms with Crippen LogP contribution >= 0.6 is 0 Å². The van der Waals surface area contributed by atoms with Gasteiger partial charge in [-0.15, -0.1) is 0 Å². The molecule has 8 nitrogen and oxygen atoms in total. The Bertz CT molecular complexity index is 914. The summed E-state index contributed by atoms with van der Waals surface area (Å²) in [7, 11) is 0. The van der Waals surface area contributed by atoms with Crippen LogP contribution in [0.3, 0.4) is 0 Å². The van der Waals surface area contributed by atoms with Crippen molar-refractivity contribution in [1.29, 1.82) is 0 Å². The molecule has 0 amide bonds. The Morgan fingerprint density at radius 1 is 0.806 bits per heavy atom. The third-order valence-electron chi connectivity index (χ3n) is 4.86. The monoisotopic (exact) mass is 424 g/mol. The smallest absolute Gasteiger partial charge is 0.223 e. The van der Waals surface area contributed by atoms with Gasteiger partial charge in [-0.1, -0.05) is 38.1 Å². The van der Waals surface area contributed by atoms with Gasteiger partial charge in [-0.25, -0.2) is 24.3 Å². The molecule has 1 aromatic carbocycles. The van der Waals surface area contributed by atoms with Crippen LogP contribution in [-0.2, 0) is 13.1 Å². The van der Waals surface area contributed by atoms with Crippen LogP contribution in [0, 0.1) is 5.82 Å². The van der Waals surface area contributed by atoms with Crippen molar-refractivity contribution in [2.75, 3.05) is 42.1 Å². The average molecular weight is 425 g/mol. The quantitative estimate of drug-likeness (QED) is 0.408. The molecule has 0 atom stereocenters. The molecule has 2 heterocycles. The molecule has 0 saturated heterocycles. The normalized spacial score (nSPS) is 10.8. The van der Waals surface area contributed by atoms with Crippen molar-refractivity contribution in [3.8, 4) is 0 Å². The molecule has 31 heavy (non-hydrogen) atoms. The lowest BCUT2D eigenvalue weighted by Crippen LogP contribution is -2.28. The van der Waals surface area contributed by atoms with E-state index in [0.29, 0.717) is 19.0 Å². The Morgan fingerprint density at radius 3 is 2.00 bits per heavy atom. The van der Waals surface area contributed by atoms with Gasteiger partial charge in [0.05, 0.1) is 12.4 Å². The SMILES string of the molecule is CCN(CC)CCNc1cc(NCc2ccc(CNc3ncc(F)cn3)cc2)ncn1. The van der Waals surface area contributed by atoms with Crippen LogP contribution in [0.4, 0.5) is 22.0 Å². The van der Waals surface area contributed by atoms with E-state index in [1.807, 2.05) is 18.2 Å². The maximum atomic E-state index is 12.9. The van der Waals surface area contributed by atoms with E-state index in [1.54, 1.807) is 6.33 Å². The van der Waals surface area contributed by atoms with E-state index >= 15 is 0 Å². The first-order chi connectivity index (χ1) is 15.2. The van der Waals surface area contributed by atoms with Crippen molar-refractivity contribution in [3.05, 3.63) is 66.0 Å². The number of likely N-dealkylation sites (N-methyl/N-ethyl adjacent to an activating group) is 1. The third-order valence-corrected chi connectivity index (χ3v) is 4.86. The predicted octanol–water partition coefficient (Wildman–Crippen LogP) is 3.38. The summed E-state index contributed by atoms with van der Waals surface area (Å²) in [4.78, 5) is 18.7. The van der Waals surface area contributed by atoms with Crippen molar-refractivity contribution in [2.45, 2.75) is 26.9 Å². The third kappa shape index (κ3) is 7.45. The van der Waals surface area contributed by atoms with Gasteiger partial charge in [0, 0.05) is 32.2 Å². The summed E-state index contributed by atoms with van der Waals surface area (Å²) >= 11 is 0. The largest absolute Gasteiger partial charge is 0.369 e. The van der Waals surface area contributed by atoms with Crippen LogP contribution in [-0.4, -0.2) is 51.0 Å². The molecule has 2 aromatic heterocycles. The summed E-state index contributed by atoms with van der Waals surface area (Å²) in [6.07, 6.45) is 3.85. The van der Waals surface area contributed by atoms with E-state index in [-0.39, 0.29) is 0 Å². The van der Waals surface area contributed by atoms with Gasteiger partial charge in [-0.2, -0.15) is 0 Å². The van der Waals surface area contributed by atoms with E-state index < -0.39 is 5.82 Å². The van der Waals surface area contributed by atoms with Gasteiger partial charge < -0.3 is 20.9 Å². The lowest BCUT2D eigenvalue weighted by Gasteiger charge is -2.18. The van der Waals surface area contributed by atoms with Crippen LogP contribution in [0.25, 0.3) is 0 Å². The van der Waals surface area contributed by atoms with Crippen LogP contribution in [0.2, 0.25) is 0 Å². The standard InChI is InChI=1S/C22H29FN8/c1-3-31(4-2)10-9-24-20-11-21(30-16-29-20)25-12-17-5-7-18(8-6-17)13-26-22-27-14-19(23)15-28-22/h5-8,11,14-16H,3-4,9-10,12-13H2,1-2H3,(H,26,27,28)(H2,24,25,29,30). The highest BCUT2D eigenvalue weighted by atomic mass is 19.1. The molecule has 3 N–H and O–H groups in total. The van der Waals surface area contributed by atoms with Gasteiger partial charge >= 0.3 is 0 Å². The van der Waals surface area contributed by atoms with Crippen molar-refractivity contribution in [2.24, 2.45) is 0 Å². The molecule has 0 aliphatic carbocycles. The topological polar surface area (TPSA) is 90.9 Å². The highest BCUT2D eigenvalue weighted by molar-refractivity contribution is 5.46. The van der Waals surface area contributed by atoms with Crippen molar-refractivity contribution >= 4 is 17.6 Å². The van der Waals surface area contributed by atoms with Crippen LogP contribution < -0.4 is 16.0 Å². The van der Waals surface area contributed by atoms with E-state index in [4.69, 9.17) is 0 Å². The first kappa shape index (κ1) is 22.4. The number of halogens is 1. The van der Waals surface area contributed by atoms with E-state index in [1.165, 1.54) is 0 Å². The molecular formula is C22H29FN8. The van der Waals surface area contributed by atoms with Crippen LogP contribution in [0.15, 0.2) is 49.1 Å². The summed E-state index contributed by atoms with van der Waals surface area (Å²) < 4.78 is 12.9. The van der Waals surface area contributed by atoms with Crippen LogP contribution in [0.5, 0.6) is 0 Å². The average Bonchev–Trinajstić information content (AvgIpc) is 2.81. The molecular weight excluding hydrogens is 395 g/mol. The molecule has 0 bridgehead atoms. The molecule has 164 valence electrons. The second kappa shape index (κ2) is 11.8. The molecule has 0 aliphatic heterocycles. The fraction of sp³-hybridized carbons (Fsp3) is 0.364. The Balaban J connectivity index is 1.44. The number of hydrogen-bond acceptors (Lipinski definition) is 8. The number of benzene rings is 1. The summed E-state index contributed by atoms with van der Waals surface area (Å²) in [5.41, 5.74) is 2.22. The van der Waals surface area contributed by atoms with Gasteiger partial charge in [-0.3, -0.25) is 0 Å². The highest BCUT2D eigenvalue weighted by Crippen LogP contribution is 2.12. The zero-order chi connectivity index (χ0) is 21.9. The van der Waals surface area contributed by atoms with Gasteiger partial charge in [-0.05, 0) is 24.2 Å².